The lowest BCUT2D eigenvalue weighted by Gasteiger charge is -2.31. The van der Waals surface area contributed by atoms with Crippen LogP contribution in [0.25, 0.3) is 0 Å². The van der Waals surface area contributed by atoms with Gasteiger partial charge in [0.05, 0.1) is 25.5 Å². The lowest BCUT2D eigenvalue weighted by atomic mass is 10.2. The van der Waals surface area contributed by atoms with Gasteiger partial charge in [0.2, 0.25) is 11.8 Å². The van der Waals surface area contributed by atoms with Crippen molar-refractivity contribution in [3.8, 4) is 0 Å². The summed E-state index contributed by atoms with van der Waals surface area (Å²) in [5, 5.41) is 0. The lowest BCUT2D eigenvalue weighted by molar-refractivity contribution is -0.142. The number of ether oxygens (including phenoxy) is 1. The van der Waals surface area contributed by atoms with Crippen LogP contribution in [-0.2, 0) is 20.9 Å². The highest BCUT2D eigenvalue weighted by Crippen LogP contribution is 2.16. The fraction of sp³-hybridized carbons (Fsp3) is 0.667. The number of furan rings is 1. The van der Waals surface area contributed by atoms with Crippen molar-refractivity contribution in [3.05, 3.63) is 24.2 Å². The summed E-state index contributed by atoms with van der Waals surface area (Å²) in [5.41, 5.74) is 0. The molecule has 1 aromatic heterocycles. The molecule has 0 aromatic carbocycles. The summed E-state index contributed by atoms with van der Waals surface area (Å²) in [5.74, 6) is 0.587. The zero-order valence-electron chi connectivity index (χ0n) is 14.9. The largest absolute Gasteiger partial charge is 0.467 e. The molecular weight excluding hydrogens is 308 g/mol. The van der Waals surface area contributed by atoms with Crippen LogP contribution in [-0.4, -0.2) is 53.5 Å². The first-order chi connectivity index (χ1) is 11.5. The maximum absolute atomic E-state index is 12.8. The third-order valence-electron chi connectivity index (χ3n) is 4.56. The Balaban J connectivity index is 2.05. The number of carbonyl (C=O) groups is 2. The Morgan fingerprint density at radius 3 is 2.75 bits per heavy atom. The van der Waals surface area contributed by atoms with E-state index >= 15 is 0 Å². The van der Waals surface area contributed by atoms with Gasteiger partial charge in [-0.05, 0) is 38.3 Å². The van der Waals surface area contributed by atoms with Gasteiger partial charge in [0.15, 0.2) is 0 Å². The van der Waals surface area contributed by atoms with Crippen LogP contribution < -0.4 is 0 Å². The molecule has 0 spiro atoms. The van der Waals surface area contributed by atoms with Gasteiger partial charge in [-0.2, -0.15) is 0 Å². The van der Waals surface area contributed by atoms with Crippen LogP contribution in [0.4, 0.5) is 0 Å². The second kappa shape index (κ2) is 8.87. The number of hydrogen-bond donors (Lipinski definition) is 0. The van der Waals surface area contributed by atoms with Crippen molar-refractivity contribution < 1.29 is 18.7 Å². The quantitative estimate of drug-likeness (QED) is 0.731. The van der Waals surface area contributed by atoms with Gasteiger partial charge in [-0.1, -0.05) is 6.92 Å². The predicted octanol–water partition coefficient (Wildman–Crippen LogP) is 2.43. The second-order valence-corrected chi connectivity index (χ2v) is 6.39. The van der Waals surface area contributed by atoms with Crippen LogP contribution in [0.15, 0.2) is 22.8 Å². The molecule has 6 heteroatoms. The number of carbonyl (C=O) groups excluding carboxylic acids is 2. The van der Waals surface area contributed by atoms with E-state index in [0.29, 0.717) is 13.1 Å². The van der Waals surface area contributed by atoms with E-state index in [1.165, 1.54) is 6.92 Å². The van der Waals surface area contributed by atoms with Crippen molar-refractivity contribution in [2.24, 2.45) is 0 Å². The maximum Gasteiger partial charge on any atom is 0.242 e. The zero-order valence-corrected chi connectivity index (χ0v) is 14.9. The Morgan fingerprint density at radius 1 is 1.42 bits per heavy atom. The van der Waals surface area contributed by atoms with Crippen LogP contribution in [0.5, 0.6) is 0 Å². The van der Waals surface area contributed by atoms with Gasteiger partial charge < -0.3 is 19.0 Å². The van der Waals surface area contributed by atoms with E-state index in [2.05, 4.69) is 0 Å². The Morgan fingerprint density at radius 2 is 2.21 bits per heavy atom. The van der Waals surface area contributed by atoms with Crippen molar-refractivity contribution in [1.82, 2.24) is 9.80 Å². The van der Waals surface area contributed by atoms with Gasteiger partial charge in [-0.3, -0.25) is 9.59 Å². The summed E-state index contributed by atoms with van der Waals surface area (Å²) >= 11 is 0. The third kappa shape index (κ3) is 5.09. The van der Waals surface area contributed by atoms with E-state index in [1.54, 1.807) is 16.1 Å². The monoisotopic (exact) mass is 336 g/mol. The first-order valence-electron chi connectivity index (χ1n) is 8.70. The van der Waals surface area contributed by atoms with Crippen molar-refractivity contribution in [2.45, 2.75) is 58.7 Å². The number of nitrogens with zero attached hydrogens (tertiary/aromatic N) is 2. The molecule has 0 unspecified atom stereocenters. The van der Waals surface area contributed by atoms with Crippen molar-refractivity contribution in [2.75, 3.05) is 19.7 Å². The molecule has 2 atom stereocenters. The van der Waals surface area contributed by atoms with Gasteiger partial charge in [0.25, 0.3) is 0 Å². The minimum absolute atomic E-state index is 0.0413. The minimum Gasteiger partial charge on any atom is -0.467 e. The van der Waals surface area contributed by atoms with E-state index in [9.17, 15) is 9.59 Å². The predicted molar refractivity (Wildman–Crippen MR) is 90.2 cm³/mol. The summed E-state index contributed by atoms with van der Waals surface area (Å²) in [4.78, 5) is 28.1. The van der Waals surface area contributed by atoms with E-state index < -0.39 is 0 Å². The average molecular weight is 336 g/mol. The molecule has 1 aliphatic rings. The molecule has 1 fully saturated rings. The normalized spacial score (nSPS) is 18.4. The van der Waals surface area contributed by atoms with Crippen molar-refractivity contribution >= 4 is 11.8 Å². The van der Waals surface area contributed by atoms with Gasteiger partial charge in [-0.25, -0.2) is 0 Å². The molecule has 6 nitrogen and oxygen atoms in total. The molecule has 0 saturated carbocycles. The minimum atomic E-state index is -0.0761. The highest BCUT2D eigenvalue weighted by molar-refractivity contribution is 5.84. The van der Waals surface area contributed by atoms with Gasteiger partial charge in [-0.15, -0.1) is 0 Å². The maximum atomic E-state index is 12.8. The molecule has 1 aromatic rings. The van der Waals surface area contributed by atoms with Gasteiger partial charge in [0.1, 0.15) is 5.76 Å². The number of hydrogen-bond acceptors (Lipinski definition) is 4. The van der Waals surface area contributed by atoms with Crippen LogP contribution in [0.1, 0.15) is 45.8 Å². The Kier molecular flexibility index (Phi) is 6.85. The summed E-state index contributed by atoms with van der Waals surface area (Å²) in [6.45, 7) is 7.27. The smallest absolute Gasteiger partial charge is 0.242 e. The van der Waals surface area contributed by atoms with Crippen molar-refractivity contribution in [1.29, 1.82) is 0 Å². The van der Waals surface area contributed by atoms with Gasteiger partial charge >= 0.3 is 0 Å². The molecule has 0 bridgehead atoms. The molecule has 0 aliphatic carbocycles. The Labute approximate surface area is 143 Å². The SMILES string of the molecule is CC[C@@H](C)N(CC(=O)N(Cc1ccco1)C[C@H]1CCCO1)C(C)=O. The second-order valence-electron chi connectivity index (χ2n) is 6.39. The molecular formula is C18H28N2O4. The molecule has 0 N–H and O–H groups in total. The van der Waals surface area contributed by atoms with E-state index in [4.69, 9.17) is 9.15 Å². The van der Waals surface area contributed by atoms with E-state index in [0.717, 1.165) is 31.6 Å². The lowest BCUT2D eigenvalue weighted by Crippen LogP contribution is -2.47. The number of rotatable bonds is 8. The zero-order chi connectivity index (χ0) is 17.5. The molecule has 2 heterocycles. The van der Waals surface area contributed by atoms with Crippen LogP contribution in [0.2, 0.25) is 0 Å². The van der Waals surface area contributed by atoms with E-state index in [1.807, 2.05) is 26.0 Å². The fourth-order valence-corrected chi connectivity index (χ4v) is 2.92. The first kappa shape index (κ1) is 18.5. The molecule has 1 aliphatic heterocycles. The van der Waals surface area contributed by atoms with Gasteiger partial charge in [0, 0.05) is 26.1 Å². The Bertz CT molecular complexity index is 523. The third-order valence-corrected chi connectivity index (χ3v) is 4.56. The highest BCUT2D eigenvalue weighted by Gasteiger charge is 2.26. The molecule has 134 valence electrons. The summed E-state index contributed by atoms with van der Waals surface area (Å²) < 4.78 is 11.1. The summed E-state index contributed by atoms with van der Waals surface area (Å²) in [6, 6.07) is 3.71. The van der Waals surface area contributed by atoms with Crippen LogP contribution in [0, 0.1) is 0 Å². The van der Waals surface area contributed by atoms with E-state index in [-0.39, 0.29) is 30.5 Å². The Hall–Kier alpha value is -1.82. The molecule has 1 saturated heterocycles. The molecule has 2 amide bonds. The van der Waals surface area contributed by atoms with Crippen molar-refractivity contribution in [3.63, 3.8) is 0 Å². The topological polar surface area (TPSA) is 63.0 Å². The average Bonchev–Trinajstić information content (AvgIpc) is 3.24. The summed E-state index contributed by atoms with van der Waals surface area (Å²) in [6.07, 6.45) is 4.48. The van der Waals surface area contributed by atoms with Crippen LogP contribution >= 0.6 is 0 Å². The van der Waals surface area contributed by atoms with Crippen LogP contribution in [0.3, 0.4) is 0 Å². The molecule has 24 heavy (non-hydrogen) atoms. The number of amides is 2. The molecule has 2 rings (SSSR count). The summed E-state index contributed by atoms with van der Waals surface area (Å²) in [7, 11) is 0. The first-order valence-corrected chi connectivity index (χ1v) is 8.70. The highest BCUT2D eigenvalue weighted by atomic mass is 16.5. The fourth-order valence-electron chi connectivity index (χ4n) is 2.92. The molecule has 0 radical (unpaired) electrons. The standard InChI is InChI=1S/C18H28N2O4/c1-4-14(2)20(15(3)21)13-18(22)19(11-16-7-5-9-23-16)12-17-8-6-10-24-17/h5,7,9,14,17H,4,6,8,10-13H2,1-3H3/t14-,17-/m1/s1.